The highest BCUT2D eigenvalue weighted by Crippen LogP contribution is 2.18. The summed E-state index contributed by atoms with van der Waals surface area (Å²) < 4.78 is 29.7. The molecule has 0 aliphatic heterocycles. The van der Waals surface area contributed by atoms with Crippen molar-refractivity contribution in [2.24, 2.45) is 12.0 Å². The first-order valence-corrected chi connectivity index (χ1v) is 11.6. The number of thiazole rings is 1. The lowest BCUT2D eigenvalue weighted by Crippen LogP contribution is -2.32. The van der Waals surface area contributed by atoms with Crippen molar-refractivity contribution in [2.75, 3.05) is 13.1 Å². The van der Waals surface area contributed by atoms with E-state index in [1.807, 2.05) is 48.0 Å². The van der Waals surface area contributed by atoms with Crippen LogP contribution in [-0.4, -0.2) is 36.3 Å². The Morgan fingerprint density at radius 2 is 1.68 bits per heavy atom. The molecule has 2 aromatic carbocycles. The van der Waals surface area contributed by atoms with E-state index in [1.165, 1.54) is 35.6 Å². The average Bonchev–Trinajstić information content (AvgIpc) is 3.09. The van der Waals surface area contributed by atoms with Crippen LogP contribution < -0.4 is 4.80 Å². The van der Waals surface area contributed by atoms with Crippen LogP contribution in [0.15, 0.2) is 58.4 Å². The molecule has 8 nitrogen and oxygen atoms in total. The third-order valence-electron chi connectivity index (χ3n) is 4.60. The van der Waals surface area contributed by atoms with E-state index in [-0.39, 0.29) is 36.4 Å². The lowest BCUT2D eigenvalue weighted by Gasteiger charge is -2.20. The van der Waals surface area contributed by atoms with E-state index >= 15 is 0 Å². The maximum atomic E-state index is 12.9. The van der Waals surface area contributed by atoms with Crippen LogP contribution in [0.5, 0.6) is 0 Å². The van der Waals surface area contributed by atoms with Crippen LogP contribution in [0.3, 0.4) is 0 Å². The summed E-state index contributed by atoms with van der Waals surface area (Å²) in [5.74, 6) is -0.475. The van der Waals surface area contributed by atoms with Crippen LogP contribution in [0.25, 0.3) is 10.2 Å². The summed E-state index contributed by atoms with van der Waals surface area (Å²) in [5, 5.41) is 17.6. The molecule has 0 unspecified atom stereocenters. The van der Waals surface area contributed by atoms with Gasteiger partial charge >= 0.3 is 0 Å². The van der Waals surface area contributed by atoms with E-state index in [9.17, 15) is 13.2 Å². The maximum absolute atomic E-state index is 12.9. The first-order chi connectivity index (χ1) is 14.9. The van der Waals surface area contributed by atoms with Crippen LogP contribution in [0.4, 0.5) is 0 Å². The molecule has 3 rings (SSSR count). The van der Waals surface area contributed by atoms with E-state index in [4.69, 9.17) is 10.5 Å². The number of amides is 1. The third kappa shape index (κ3) is 4.89. The van der Waals surface area contributed by atoms with Crippen molar-refractivity contribution in [1.29, 1.82) is 10.5 Å². The second-order valence-corrected chi connectivity index (χ2v) is 9.52. The number of hydrogen-bond acceptors (Lipinski definition) is 6. The molecule has 31 heavy (non-hydrogen) atoms. The standard InChI is InChI=1S/C21H19N5O3S2/c1-25-18-6-2-3-7-19(18)30-21(25)24-20(27)16-8-10-17(11-9-16)31(28,29)26(14-4-12-22)15-5-13-23/h2-3,6-11H,4-5,14-15H2,1H3. The number of carbonyl (C=O) groups is 1. The predicted molar refractivity (Wildman–Crippen MR) is 116 cm³/mol. The highest BCUT2D eigenvalue weighted by atomic mass is 32.2. The van der Waals surface area contributed by atoms with Crippen LogP contribution in [0, 0.1) is 22.7 Å². The van der Waals surface area contributed by atoms with Gasteiger partial charge in [-0.1, -0.05) is 23.5 Å². The maximum Gasteiger partial charge on any atom is 0.279 e. The molecular formula is C21H19N5O3S2. The minimum absolute atomic E-state index is 0.00103. The van der Waals surface area contributed by atoms with Gasteiger partial charge in [-0.2, -0.15) is 19.8 Å². The minimum atomic E-state index is -3.88. The van der Waals surface area contributed by atoms with Crippen molar-refractivity contribution in [3.05, 3.63) is 58.9 Å². The number of aromatic nitrogens is 1. The smallest absolute Gasteiger partial charge is 0.279 e. The number of sulfonamides is 1. The molecule has 0 atom stereocenters. The summed E-state index contributed by atoms with van der Waals surface area (Å²) in [4.78, 5) is 17.3. The number of para-hydroxylation sites is 1. The fourth-order valence-electron chi connectivity index (χ4n) is 2.96. The quantitative estimate of drug-likeness (QED) is 0.545. The Balaban J connectivity index is 1.87. The zero-order valence-electron chi connectivity index (χ0n) is 16.7. The normalized spacial score (nSPS) is 12.1. The predicted octanol–water partition coefficient (Wildman–Crippen LogP) is 2.80. The SMILES string of the molecule is Cn1c(=NC(=O)c2ccc(S(=O)(=O)N(CCC#N)CCC#N)cc2)sc2ccccc21. The molecule has 0 N–H and O–H groups in total. The van der Waals surface area contributed by atoms with Gasteiger partial charge in [0, 0.05) is 38.5 Å². The molecule has 0 spiro atoms. The van der Waals surface area contributed by atoms with E-state index in [2.05, 4.69) is 4.99 Å². The second-order valence-electron chi connectivity index (χ2n) is 6.57. The molecule has 3 aromatic rings. The first kappa shape index (κ1) is 22.4. The van der Waals surface area contributed by atoms with Gasteiger partial charge in [-0.3, -0.25) is 4.79 Å². The van der Waals surface area contributed by atoms with Crippen molar-refractivity contribution in [3.8, 4) is 12.1 Å². The monoisotopic (exact) mass is 453 g/mol. The lowest BCUT2D eigenvalue weighted by molar-refractivity contribution is 0.0998. The summed E-state index contributed by atoms with van der Waals surface area (Å²) >= 11 is 1.39. The zero-order valence-corrected chi connectivity index (χ0v) is 18.4. The van der Waals surface area contributed by atoms with Crippen molar-refractivity contribution < 1.29 is 13.2 Å². The van der Waals surface area contributed by atoms with Crippen molar-refractivity contribution in [2.45, 2.75) is 17.7 Å². The van der Waals surface area contributed by atoms with Crippen molar-refractivity contribution in [1.82, 2.24) is 8.87 Å². The Morgan fingerprint density at radius 3 is 2.26 bits per heavy atom. The van der Waals surface area contributed by atoms with E-state index in [1.54, 1.807) is 0 Å². The van der Waals surface area contributed by atoms with Gasteiger partial charge in [0.15, 0.2) is 4.80 Å². The number of benzene rings is 2. The highest BCUT2D eigenvalue weighted by Gasteiger charge is 2.24. The Bertz CT molecular complexity index is 1340. The average molecular weight is 454 g/mol. The number of hydrogen-bond donors (Lipinski definition) is 0. The van der Waals surface area contributed by atoms with Crippen molar-refractivity contribution >= 4 is 37.5 Å². The second kappa shape index (κ2) is 9.67. The van der Waals surface area contributed by atoms with Gasteiger partial charge in [0.05, 0.1) is 27.3 Å². The van der Waals surface area contributed by atoms with Crippen LogP contribution in [-0.2, 0) is 17.1 Å². The molecule has 10 heteroatoms. The summed E-state index contributed by atoms with van der Waals surface area (Å²) in [6.07, 6.45) is 0.0403. The van der Waals surface area contributed by atoms with Crippen LogP contribution in [0.1, 0.15) is 23.2 Å². The fourth-order valence-corrected chi connectivity index (χ4v) is 5.42. The number of aryl methyl sites for hydroxylation is 1. The van der Waals surface area contributed by atoms with Gasteiger partial charge in [-0.05, 0) is 36.4 Å². The molecular weight excluding hydrogens is 434 g/mol. The highest BCUT2D eigenvalue weighted by molar-refractivity contribution is 7.89. The van der Waals surface area contributed by atoms with Gasteiger partial charge in [-0.25, -0.2) is 8.42 Å². The van der Waals surface area contributed by atoms with Gasteiger partial charge in [0.1, 0.15) is 0 Å². The number of rotatable bonds is 7. The largest absolute Gasteiger partial charge is 0.319 e. The number of fused-ring (bicyclic) bond motifs is 1. The number of nitrogens with zero attached hydrogens (tertiary/aromatic N) is 5. The van der Waals surface area contributed by atoms with Gasteiger partial charge in [-0.15, -0.1) is 0 Å². The Labute approximate surface area is 184 Å². The number of nitriles is 2. The molecule has 0 fully saturated rings. The van der Waals surface area contributed by atoms with Crippen LogP contribution >= 0.6 is 11.3 Å². The van der Waals surface area contributed by atoms with E-state index in [0.717, 1.165) is 14.5 Å². The Morgan fingerprint density at radius 1 is 1.06 bits per heavy atom. The summed E-state index contributed by atoms with van der Waals surface area (Å²) in [5.41, 5.74) is 1.23. The van der Waals surface area contributed by atoms with Gasteiger partial charge in [0.25, 0.3) is 5.91 Å². The van der Waals surface area contributed by atoms with Gasteiger partial charge < -0.3 is 4.57 Å². The molecule has 1 aromatic heterocycles. The lowest BCUT2D eigenvalue weighted by atomic mass is 10.2. The molecule has 0 aliphatic rings. The van der Waals surface area contributed by atoms with Crippen molar-refractivity contribution in [3.63, 3.8) is 0 Å². The molecule has 0 aliphatic carbocycles. The minimum Gasteiger partial charge on any atom is -0.319 e. The topological polar surface area (TPSA) is 119 Å². The summed E-state index contributed by atoms with van der Waals surface area (Å²) in [6.45, 7) is -0.00205. The summed E-state index contributed by atoms with van der Waals surface area (Å²) in [6, 6.07) is 17.1. The summed E-state index contributed by atoms with van der Waals surface area (Å²) in [7, 11) is -2.05. The molecule has 1 amide bonds. The van der Waals surface area contributed by atoms with Crippen LogP contribution in [0.2, 0.25) is 0 Å². The first-order valence-electron chi connectivity index (χ1n) is 9.36. The Hall–Kier alpha value is -3.31. The molecule has 0 bridgehead atoms. The van der Waals surface area contributed by atoms with Gasteiger partial charge in [0.2, 0.25) is 10.0 Å². The zero-order chi connectivity index (χ0) is 22.4. The van der Waals surface area contributed by atoms with E-state index < -0.39 is 15.9 Å². The molecule has 0 radical (unpaired) electrons. The molecule has 158 valence electrons. The molecule has 0 saturated heterocycles. The third-order valence-corrected chi connectivity index (χ3v) is 7.62. The molecule has 0 saturated carbocycles. The van der Waals surface area contributed by atoms with E-state index in [0.29, 0.717) is 4.80 Å². The Kier molecular flexibility index (Phi) is 6.98. The molecule has 1 heterocycles. The number of carbonyl (C=O) groups excluding carboxylic acids is 1. The fraction of sp³-hybridized carbons (Fsp3) is 0.238.